The lowest BCUT2D eigenvalue weighted by Crippen LogP contribution is -2.33. The van der Waals surface area contributed by atoms with Gasteiger partial charge in [-0.1, -0.05) is 0 Å². The van der Waals surface area contributed by atoms with Crippen molar-refractivity contribution in [3.05, 3.63) is 22.2 Å². The number of rotatable bonds is 4. The fraction of sp³-hybridized carbons (Fsp3) is 0.500. The van der Waals surface area contributed by atoms with Gasteiger partial charge in [-0.05, 0) is 49.0 Å². The van der Waals surface area contributed by atoms with Crippen LogP contribution in [0.15, 0.2) is 16.8 Å². The number of nitrogens with one attached hydrogen (secondary N) is 1. The summed E-state index contributed by atoms with van der Waals surface area (Å²) in [5.41, 5.74) is 1.15. The molecule has 1 heterocycles. The van der Waals surface area contributed by atoms with Crippen molar-refractivity contribution in [2.45, 2.75) is 32.2 Å². The van der Waals surface area contributed by atoms with Gasteiger partial charge in [0, 0.05) is 11.6 Å². The summed E-state index contributed by atoms with van der Waals surface area (Å²) in [5.74, 6) is 0.623. The molecule has 0 spiro atoms. The summed E-state index contributed by atoms with van der Waals surface area (Å²) in [6.07, 6.45) is 2.40. The summed E-state index contributed by atoms with van der Waals surface area (Å²) >= 11 is 0. The number of nitro benzene ring substituents is 1. The summed E-state index contributed by atoms with van der Waals surface area (Å²) in [4.78, 5) is 10.4. The second kappa shape index (κ2) is 3.91. The third-order valence-electron chi connectivity index (χ3n) is 3.65. The monoisotopic (exact) mass is 262 g/mol. The standard InChI is InChI=1S/C12H14N4O3/c1-12(2,7-3-4-7)13-8-5-6-9(16(17)18)11-10(8)14-19-15-11/h5-7,13H,3-4H2,1-2H3. The minimum absolute atomic E-state index is 0.0674. The van der Waals surface area contributed by atoms with Crippen LogP contribution in [-0.4, -0.2) is 20.8 Å². The normalized spacial score (nSPS) is 15.7. The maximum Gasteiger partial charge on any atom is 0.300 e. The fourth-order valence-corrected chi connectivity index (χ4v) is 2.36. The third-order valence-corrected chi connectivity index (χ3v) is 3.65. The van der Waals surface area contributed by atoms with E-state index in [1.54, 1.807) is 6.07 Å². The van der Waals surface area contributed by atoms with E-state index >= 15 is 0 Å². The van der Waals surface area contributed by atoms with Crippen molar-refractivity contribution < 1.29 is 9.55 Å². The summed E-state index contributed by atoms with van der Waals surface area (Å²) in [6.45, 7) is 4.23. The quantitative estimate of drug-likeness (QED) is 0.672. The lowest BCUT2D eigenvalue weighted by atomic mass is 9.98. The first-order valence-corrected chi connectivity index (χ1v) is 6.17. The molecule has 0 bridgehead atoms. The number of aromatic nitrogens is 2. The molecule has 0 amide bonds. The van der Waals surface area contributed by atoms with Gasteiger partial charge in [-0.15, -0.1) is 0 Å². The van der Waals surface area contributed by atoms with Crippen molar-refractivity contribution in [1.82, 2.24) is 10.3 Å². The van der Waals surface area contributed by atoms with E-state index in [1.807, 2.05) is 0 Å². The molecule has 1 aromatic carbocycles. The lowest BCUT2D eigenvalue weighted by Gasteiger charge is -2.27. The Morgan fingerprint density at radius 2 is 2.05 bits per heavy atom. The summed E-state index contributed by atoms with van der Waals surface area (Å²) in [5, 5.41) is 21.7. The van der Waals surface area contributed by atoms with Crippen molar-refractivity contribution in [2.75, 3.05) is 5.32 Å². The minimum atomic E-state index is -0.484. The van der Waals surface area contributed by atoms with Crippen LogP contribution in [0.25, 0.3) is 11.0 Å². The first kappa shape index (κ1) is 11.9. The SMILES string of the molecule is CC(C)(Nc1ccc([N+](=O)[O-])c2nonc12)C1CC1. The summed E-state index contributed by atoms with van der Waals surface area (Å²) in [6, 6.07) is 3.09. The summed E-state index contributed by atoms with van der Waals surface area (Å²) < 4.78 is 4.64. The average Bonchev–Trinajstić information content (AvgIpc) is 3.08. The Morgan fingerprint density at radius 3 is 2.68 bits per heavy atom. The molecular formula is C12H14N4O3. The van der Waals surface area contributed by atoms with Gasteiger partial charge in [0.1, 0.15) is 0 Å². The zero-order chi connectivity index (χ0) is 13.6. The molecule has 7 nitrogen and oxygen atoms in total. The van der Waals surface area contributed by atoms with Crippen LogP contribution in [0.3, 0.4) is 0 Å². The molecule has 1 aromatic heterocycles. The zero-order valence-corrected chi connectivity index (χ0v) is 10.7. The number of nitro groups is 1. The number of benzene rings is 1. The highest BCUT2D eigenvalue weighted by molar-refractivity contribution is 5.93. The Bertz CT molecular complexity index is 645. The first-order chi connectivity index (χ1) is 8.99. The third kappa shape index (κ3) is 2.00. The highest BCUT2D eigenvalue weighted by Gasteiger charge is 2.38. The number of fused-ring (bicyclic) bond motifs is 1. The summed E-state index contributed by atoms with van der Waals surface area (Å²) in [7, 11) is 0. The fourth-order valence-electron chi connectivity index (χ4n) is 2.36. The van der Waals surface area contributed by atoms with E-state index in [-0.39, 0.29) is 16.7 Å². The van der Waals surface area contributed by atoms with E-state index in [4.69, 9.17) is 0 Å². The Labute approximate surface area is 109 Å². The molecule has 100 valence electrons. The maximum atomic E-state index is 10.9. The number of hydrogen-bond acceptors (Lipinski definition) is 6. The highest BCUT2D eigenvalue weighted by Crippen LogP contribution is 2.42. The smallest absolute Gasteiger partial charge is 0.300 e. The molecule has 2 aromatic rings. The van der Waals surface area contributed by atoms with E-state index in [9.17, 15) is 10.1 Å². The Morgan fingerprint density at radius 1 is 1.37 bits per heavy atom. The van der Waals surface area contributed by atoms with Gasteiger partial charge in [0.05, 0.1) is 10.6 Å². The lowest BCUT2D eigenvalue weighted by molar-refractivity contribution is -0.383. The van der Waals surface area contributed by atoms with Gasteiger partial charge in [-0.3, -0.25) is 10.1 Å². The second-order valence-corrected chi connectivity index (χ2v) is 5.47. The van der Waals surface area contributed by atoms with Crippen LogP contribution in [0.4, 0.5) is 11.4 Å². The molecule has 0 saturated heterocycles. The van der Waals surface area contributed by atoms with E-state index in [0.717, 1.165) is 5.69 Å². The highest BCUT2D eigenvalue weighted by atomic mass is 16.6. The molecule has 1 saturated carbocycles. The predicted molar refractivity (Wildman–Crippen MR) is 68.9 cm³/mol. The van der Waals surface area contributed by atoms with Gasteiger partial charge < -0.3 is 5.32 Å². The number of non-ortho nitro benzene ring substituents is 1. The number of hydrogen-bond donors (Lipinski definition) is 1. The van der Waals surface area contributed by atoms with Crippen LogP contribution in [0.1, 0.15) is 26.7 Å². The number of nitrogens with zero attached hydrogens (tertiary/aromatic N) is 3. The first-order valence-electron chi connectivity index (χ1n) is 6.17. The molecule has 1 N–H and O–H groups in total. The molecule has 19 heavy (non-hydrogen) atoms. The number of anilines is 1. The molecule has 1 aliphatic rings. The van der Waals surface area contributed by atoms with Crippen LogP contribution >= 0.6 is 0 Å². The van der Waals surface area contributed by atoms with E-state index in [2.05, 4.69) is 34.1 Å². The molecule has 1 fully saturated rings. The van der Waals surface area contributed by atoms with Crippen molar-refractivity contribution in [3.8, 4) is 0 Å². The Balaban J connectivity index is 2.03. The van der Waals surface area contributed by atoms with Crippen LogP contribution in [0.2, 0.25) is 0 Å². The predicted octanol–water partition coefficient (Wildman–Crippen LogP) is 2.73. The van der Waals surface area contributed by atoms with Crippen molar-refractivity contribution in [1.29, 1.82) is 0 Å². The van der Waals surface area contributed by atoms with Crippen LogP contribution in [-0.2, 0) is 0 Å². The Hall–Kier alpha value is -2.18. The molecule has 7 heteroatoms. The zero-order valence-electron chi connectivity index (χ0n) is 10.7. The largest absolute Gasteiger partial charge is 0.378 e. The van der Waals surface area contributed by atoms with Crippen molar-refractivity contribution in [2.24, 2.45) is 5.92 Å². The molecule has 0 radical (unpaired) electrons. The van der Waals surface area contributed by atoms with Crippen LogP contribution in [0, 0.1) is 16.0 Å². The van der Waals surface area contributed by atoms with Crippen LogP contribution in [0.5, 0.6) is 0 Å². The van der Waals surface area contributed by atoms with Gasteiger partial charge >= 0.3 is 5.69 Å². The van der Waals surface area contributed by atoms with Crippen LogP contribution < -0.4 is 5.32 Å². The van der Waals surface area contributed by atoms with E-state index in [1.165, 1.54) is 18.9 Å². The molecule has 0 unspecified atom stereocenters. The van der Waals surface area contributed by atoms with E-state index < -0.39 is 4.92 Å². The molecule has 3 rings (SSSR count). The van der Waals surface area contributed by atoms with Crippen molar-refractivity contribution >= 4 is 22.4 Å². The molecule has 0 atom stereocenters. The van der Waals surface area contributed by atoms with E-state index in [0.29, 0.717) is 11.4 Å². The average molecular weight is 262 g/mol. The molecule has 0 aliphatic heterocycles. The van der Waals surface area contributed by atoms with Gasteiger partial charge in [0.2, 0.25) is 5.52 Å². The van der Waals surface area contributed by atoms with Crippen molar-refractivity contribution in [3.63, 3.8) is 0 Å². The molecular weight excluding hydrogens is 248 g/mol. The minimum Gasteiger partial charge on any atom is -0.378 e. The van der Waals surface area contributed by atoms with Gasteiger partial charge in [-0.25, -0.2) is 4.63 Å². The van der Waals surface area contributed by atoms with Gasteiger partial charge in [-0.2, -0.15) is 0 Å². The second-order valence-electron chi connectivity index (χ2n) is 5.47. The van der Waals surface area contributed by atoms with Gasteiger partial charge in [0.25, 0.3) is 0 Å². The Kier molecular flexibility index (Phi) is 2.44. The van der Waals surface area contributed by atoms with Gasteiger partial charge in [0.15, 0.2) is 5.52 Å². The molecule has 1 aliphatic carbocycles. The maximum absolute atomic E-state index is 10.9. The topological polar surface area (TPSA) is 94.1 Å².